The van der Waals surface area contributed by atoms with E-state index in [0.717, 1.165) is 22.4 Å². The fourth-order valence-electron chi connectivity index (χ4n) is 3.50. The number of aliphatic hydroxyl groups is 1. The summed E-state index contributed by atoms with van der Waals surface area (Å²) in [6.07, 6.45) is -0.542. The summed E-state index contributed by atoms with van der Waals surface area (Å²) in [4.78, 5) is 0. The first kappa shape index (κ1) is 19.2. The van der Waals surface area contributed by atoms with Crippen molar-refractivity contribution in [1.29, 1.82) is 0 Å². The monoisotopic (exact) mass is 383 g/mol. The van der Waals surface area contributed by atoms with Gasteiger partial charge < -0.3 is 15.2 Å². The fourth-order valence-corrected chi connectivity index (χ4v) is 3.50. The van der Waals surface area contributed by atoms with Crippen molar-refractivity contribution in [3.63, 3.8) is 0 Å². The van der Waals surface area contributed by atoms with E-state index in [1.165, 1.54) is 10.8 Å². The minimum Gasteiger partial charge on any atom is -0.489 e. The van der Waals surface area contributed by atoms with Gasteiger partial charge in [-0.05, 0) is 28.0 Å². The van der Waals surface area contributed by atoms with Gasteiger partial charge in [0.05, 0.1) is 6.10 Å². The van der Waals surface area contributed by atoms with Crippen LogP contribution in [0, 0.1) is 0 Å². The first-order chi connectivity index (χ1) is 14.3. The molecular weight excluding hydrogens is 358 g/mol. The Morgan fingerprint density at radius 1 is 0.759 bits per heavy atom. The molecule has 0 saturated carbocycles. The zero-order chi connectivity index (χ0) is 19.9. The molecule has 0 aromatic heterocycles. The molecule has 0 unspecified atom stereocenters. The molecule has 0 radical (unpaired) electrons. The van der Waals surface area contributed by atoms with E-state index in [4.69, 9.17) is 4.74 Å². The predicted octanol–water partition coefficient (Wildman–Crippen LogP) is 5.24. The topological polar surface area (TPSA) is 41.5 Å². The molecule has 4 aromatic rings. The molecular formula is C26H25NO2. The molecule has 0 saturated heterocycles. The molecule has 1 atom stereocenters. The third-order valence-electron chi connectivity index (χ3n) is 5.06. The average Bonchev–Trinajstić information content (AvgIpc) is 2.79. The van der Waals surface area contributed by atoms with Gasteiger partial charge in [0, 0.05) is 18.7 Å². The van der Waals surface area contributed by atoms with E-state index < -0.39 is 6.10 Å². The van der Waals surface area contributed by atoms with Crippen molar-refractivity contribution in [3.05, 3.63) is 114 Å². The highest BCUT2D eigenvalue weighted by Crippen LogP contribution is 2.29. The standard InChI is InChI=1S/C26H25NO2/c28-25(22-12-5-2-6-13-22)18-27-17-24-23-14-8-7-11-21(23)15-16-26(24)29-19-20-9-3-1-4-10-20/h1-16,25,27-28H,17-19H2/t25-/m1/s1. The Morgan fingerprint density at radius 3 is 2.24 bits per heavy atom. The van der Waals surface area contributed by atoms with Crippen LogP contribution in [0.2, 0.25) is 0 Å². The number of hydrogen-bond acceptors (Lipinski definition) is 3. The minimum atomic E-state index is -0.542. The molecule has 0 spiro atoms. The molecule has 0 amide bonds. The number of benzene rings is 4. The summed E-state index contributed by atoms with van der Waals surface area (Å²) >= 11 is 0. The van der Waals surface area contributed by atoms with E-state index >= 15 is 0 Å². The normalized spacial score (nSPS) is 12.0. The molecule has 4 rings (SSSR count). The second-order valence-electron chi connectivity index (χ2n) is 7.10. The van der Waals surface area contributed by atoms with Crippen LogP contribution >= 0.6 is 0 Å². The lowest BCUT2D eigenvalue weighted by molar-refractivity contribution is 0.174. The van der Waals surface area contributed by atoms with E-state index in [-0.39, 0.29) is 0 Å². The van der Waals surface area contributed by atoms with Gasteiger partial charge in [-0.2, -0.15) is 0 Å². The van der Waals surface area contributed by atoms with E-state index in [1.54, 1.807) is 0 Å². The van der Waals surface area contributed by atoms with Crippen LogP contribution in [-0.2, 0) is 13.2 Å². The molecule has 4 aromatic carbocycles. The van der Waals surface area contributed by atoms with Gasteiger partial charge in [-0.25, -0.2) is 0 Å². The lowest BCUT2D eigenvalue weighted by Crippen LogP contribution is -2.21. The van der Waals surface area contributed by atoms with Gasteiger partial charge in [0.15, 0.2) is 0 Å². The lowest BCUT2D eigenvalue weighted by atomic mass is 10.0. The summed E-state index contributed by atoms with van der Waals surface area (Å²) in [7, 11) is 0. The van der Waals surface area contributed by atoms with Gasteiger partial charge in [-0.15, -0.1) is 0 Å². The predicted molar refractivity (Wildman–Crippen MR) is 118 cm³/mol. The first-order valence-corrected chi connectivity index (χ1v) is 9.92. The van der Waals surface area contributed by atoms with Crippen LogP contribution in [0.4, 0.5) is 0 Å². The van der Waals surface area contributed by atoms with Crippen molar-refractivity contribution in [2.45, 2.75) is 19.3 Å². The number of nitrogens with one attached hydrogen (secondary N) is 1. The summed E-state index contributed by atoms with van der Waals surface area (Å²) in [5.74, 6) is 0.870. The molecule has 0 bridgehead atoms. The van der Waals surface area contributed by atoms with Crippen molar-refractivity contribution in [1.82, 2.24) is 5.32 Å². The van der Waals surface area contributed by atoms with Crippen molar-refractivity contribution in [2.24, 2.45) is 0 Å². The van der Waals surface area contributed by atoms with E-state index in [1.807, 2.05) is 66.7 Å². The number of rotatable bonds is 8. The van der Waals surface area contributed by atoms with Crippen LogP contribution < -0.4 is 10.1 Å². The van der Waals surface area contributed by atoms with Crippen LogP contribution in [0.15, 0.2) is 97.1 Å². The van der Waals surface area contributed by atoms with Gasteiger partial charge in [-0.1, -0.05) is 91.0 Å². The molecule has 0 aliphatic carbocycles. The van der Waals surface area contributed by atoms with Gasteiger partial charge in [0.2, 0.25) is 0 Å². The molecule has 2 N–H and O–H groups in total. The Kier molecular flexibility index (Phi) is 6.20. The second-order valence-corrected chi connectivity index (χ2v) is 7.10. The molecule has 3 nitrogen and oxygen atoms in total. The third-order valence-corrected chi connectivity index (χ3v) is 5.06. The van der Waals surface area contributed by atoms with E-state index in [0.29, 0.717) is 19.7 Å². The van der Waals surface area contributed by atoms with Crippen LogP contribution in [0.25, 0.3) is 10.8 Å². The molecule has 0 aliphatic heterocycles. The maximum atomic E-state index is 10.4. The SMILES string of the molecule is O[C@H](CNCc1c(OCc2ccccc2)ccc2ccccc12)c1ccccc1. The van der Waals surface area contributed by atoms with Crippen molar-refractivity contribution < 1.29 is 9.84 Å². The third kappa shape index (κ3) is 4.83. The molecule has 3 heteroatoms. The Balaban J connectivity index is 1.51. The number of fused-ring (bicyclic) bond motifs is 1. The molecule has 0 fully saturated rings. The molecule has 0 aliphatic rings. The highest BCUT2D eigenvalue weighted by molar-refractivity contribution is 5.87. The highest BCUT2D eigenvalue weighted by Gasteiger charge is 2.11. The minimum absolute atomic E-state index is 0.478. The van der Waals surface area contributed by atoms with Crippen LogP contribution in [0.1, 0.15) is 22.8 Å². The zero-order valence-electron chi connectivity index (χ0n) is 16.3. The van der Waals surface area contributed by atoms with Crippen molar-refractivity contribution >= 4 is 10.8 Å². The van der Waals surface area contributed by atoms with Gasteiger partial charge in [-0.3, -0.25) is 0 Å². The maximum absolute atomic E-state index is 10.4. The fraction of sp³-hybridized carbons (Fsp3) is 0.154. The Labute approximate surface area is 171 Å². The van der Waals surface area contributed by atoms with Crippen molar-refractivity contribution in [2.75, 3.05) is 6.54 Å². The number of aliphatic hydroxyl groups excluding tert-OH is 1. The summed E-state index contributed by atoms with van der Waals surface area (Å²) in [6.45, 7) is 1.62. The summed E-state index contributed by atoms with van der Waals surface area (Å²) < 4.78 is 6.17. The molecule has 0 heterocycles. The van der Waals surface area contributed by atoms with Crippen molar-refractivity contribution in [3.8, 4) is 5.75 Å². The summed E-state index contributed by atoms with van der Waals surface area (Å²) in [5, 5.41) is 16.2. The van der Waals surface area contributed by atoms with E-state index in [9.17, 15) is 5.11 Å². The molecule has 146 valence electrons. The summed E-state index contributed by atoms with van der Waals surface area (Å²) in [5.41, 5.74) is 3.16. The highest BCUT2D eigenvalue weighted by atomic mass is 16.5. The Morgan fingerprint density at radius 2 is 1.45 bits per heavy atom. The van der Waals surface area contributed by atoms with Gasteiger partial charge >= 0.3 is 0 Å². The van der Waals surface area contributed by atoms with Crippen LogP contribution in [-0.4, -0.2) is 11.7 Å². The Bertz CT molecular complexity index is 1050. The second kappa shape index (κ2) is 9.37. The average molecular weight is 383 g/mol. The quantitative estimate of drug-likeness (QED) is 0.437. The Hall–Kier alpha value is -3.14. The first-order valence-electron chi connectivity index (χ1n) is 9.92. The van der Waals surface area contributed by atoms with Gasteiger partial charge in [0.1, 0.15) is 12.4 Å². The van der Waals surface area contributed by atoms with Gasteiger partial charge in [0.25, 0.3) is 0 Å². The maximum Gasteiger partial charge on any atom is 0.124 e. The molecule has 29 heavy (non-hydrogen) atoms. The van der Waals surface area contributed by atoms with Crippen LogP contribution in [0.5, 0.6) is 5.75 Å². The number of hydrogen-bond donors (Lipinski definition) is 2. The lowest BCUT2D eigenvalue weighted by Gasteiger charge is -2.17. The summed E-state index contributed by atoms with van der Waals surface area (Å²) in [6, 6.07) is 32.4. The van der Waals surface area contributed by atoms with Crippen LogP contribution in [0.3, 0.4) is 0 Å². The van der Waals surface area contributed by atoms with E-state index in [2.05, 4.69) is 35.6 Å². The number of ether oxygens (including phenoxy) is 1. The largest absolute Gasteiger partial charge is 0.489 e. The smallest absolute Gasteiger partial charge is 0.124 e. The zero-order valence-corrected chi connectivity index (χ0v) is 16.3.